The van der Waals surface area contributed by atoms with Gasteiger partial charge in [0.25, 0.3) is 5.91 Å². The molecular weight excluding hydrogens is 298 g/mol. The number of carbonyl (C=O) groups excluding carboxylic acids is 2. The lowest BCUT2D eigenvalue weighted by Gasteiger charge is -2.20. The van der Waals surface area contributed by atoms with Crippen LogP contribution < -0.4 is 11.1 Å². The monoisotopic (exact) mass is 319 g/mol. The third kappa shape index (κ3) is 4.79. The van der Waals surface area contributed by atoms with E-state index in [4.69, 9.17) is 10.8 Å². The number of rotatable bonds is 6. The van der Waals surface area contributed by atoms with Crippen LogP contribution in [-0.2, 0) is 9.59 Å². The molecule has 1 heterocycles. The molecule has 4 N–H and O–H groups in total. The van der Waals surface area contributed by atoms with Crippen molar-refractivity contribution in [3.8, 4) is 0 Å². The molecule has 1 aromatic carbocycles. The minimum absolute atomic E-state index is 0.113. The number of nitrogens with zero attached hydrogens (tertiary/aromatic N) is 1. The first-order valence-corrected chi connectivity index (χ1v) is 7.59. The summed E-state index contributed by atoms with van der Waals surface area (Å²) in [7, 11) is 0. The van der Waals surface area contributed by atoms with E-state index >= 15 is 0 Å². The fourth-order valence-electron chi connectivity index (χ4n) is 2.57. The number of benzene rings is 1. The maximum atomic E-state index is 12.2. The van der Waals surface area contributed by atoms with Gasteiger partial charge in [-0.3, -0.25) is 14.4 Å². The highest BCUT2D eigenvalue weighted by atomic mass is 16.4. The average Bonchev–Trinajstić information content (AvgIpc) is 3.01. The Morgan fingerprint density at radius 2 is 2.00 bits per heavy atom. The number of carboxylic acid groups (broad SMARTS) is 1. The van der Waals surface area contributed by atoms with E-state index < -0.39 is 12.0 Å². The number of likely N-dealkylation sites (tertiary alicyclic amines) is 1. The van der Waals surface area contributed by atoms with Crippen molar-refractivity contribution in [2.75, 3.05) is 13.1 Å². The second kappa shape index (κ2) is 7.73. The van der Waals surface area contributed by atoms with Gasteiger partial charge < -0.3 is 21.1 Å². The fourth-order valence-corrected chi connectivity index (χ4v) is 2.57. The van der Waals surface area contributed by atoms with Crippen LogP contribution in [0.25, 0.3) is 0 Å². The van der Waals surface area contributed by atoms with E-state index in [-0.39, 0.29) is 30.7 Å². The Morgan fingerprint density at radius 3 is 2.65 bits per heavy atom. The second-order valence-corrected chi connectivity index (χ2v) is 5.65. The molecule has 2 amide bonds. The lowest BCUT2D eigenvalue weighted by atomic mass is 10.1. The summed E-state index contributed by atoms with van der Waals surface area (Å²) < 4.78 is 0. The first-order valence-electron chi connectivity index (χ1n) is 7.59. The maximum absolute atomic E-state index is 12.2. The van der Waals surface area contributed by atoms with Gasteiger partial charge in [0.2, 0.25) is 5.91 Å². The minimum Gasteiger partial charge on any atom is -0.481 e. The van der Waals surface area contributed by atoms with Crippen LogP contribution in [0.1, 0.15) is 29.6 Å². The molecule has 1 fully saturated rings. The normalized spacial score (nSPS) is 18.5. The van der Waals surface area contributed by atoms with Crippen LogP contribution in [0.3, 0.4) is 0 Å². The number of carboxylic acids is 1. The summed E-state index contributed by atoms with van der Waals surface area (Å²) >= 11 is 0. The SMILES string of the molecule is N[C@@H](CCC(=O)O)C(=O)N1CC[C@@H](NC(=O)c2ccccc2)C1. The van der Waals surface area contributed by atoms with Gasteiger partial charge in [0.1, 0.15) is 0 Å². The third-order valence-electron chi connectivity index (χ3n) is 3.86. The predicted molar refractivity (Wildman–Crippen MR) is 83.7 cm³/mol. The largest absolute Gasteiger partial charge is 0.481 e. The zero-order chi connectivity index (χ0) is 16.8. The van der Waals surface area contributed by atoms with Crippen molar-refractivity contribution in [3.05, 3.63) is 35.9 Å². The molecule has 1 aliphatic heterocycles. The van der Waals surface area contributed by atoms with Gasteiger partial charge in [0.05, 0.1) is 6.04 Å². The molecule has 2 atom stereocenters. The molecule has 0 bridgehead atoms. The van der Waals surface area contributed by atoms with Gasteiger partial charge in [-0.15, -0.1) is 0 Å². The fraction of sp³-hybridized carbons (Fsp3) is 0.438. The number of carbonyl (C=O) groups is 3. The number of amides is 2. The van der Waals surface area contributed by atoms with E-state index in [1.807, 2.05) is 6.07 Å². The molecular formula is C16H21N3O4. The summed E-state index contributed by atoms with van der Waals surface area (Å²) in [6.45, 7) is 0.914. The number of nitrogens with two attached hydrogens (primary N) is 1. The van der Waals surface area contributed by atoms with Crippen molar-refractivity contribution in [1.29, 1.82) is 0 Å². The molecule has 124 valence electrons. The zero-order valence-electron chi connectivity index (χ0n) is 12.8. The van der Waals surface area contributed by atoms with Crippen molar-refractivity contribution >= 4 is 17.8 Å². The first kappa shape index (κ1) is 17.0. The summed E-state index contributed by atoms with van der Waals surface area (Å²) in [6.07, 6.45) is 0.649. The van der Waals surface area contributed by atoms with Crippen LogP contribution in [0.4, 0.5) is 0 Å². The molecule has 0 saturated carbocycles. The predicted octanol–water partition coefficient (Wildman–Crippen LogP) is 0.209. The standard InChI is InChI=1S/C16H21N3O4/c17-13(6-7-14(20)21)16(23)19-9-8-12(10-19)18-15(22)11-4-2-1-3-5-11/h1-5,12-13H,6-10,17H2,(H,18,22)(H,20,21)/t12-,13+/m1/s1. The van der Waals surface area contributed by atoms with E-state index in [1.54, 1.807) is 29.2 Å². The van der Waals surface area contributed by atoms with Gasteiger partial charge in [-0.05, 0) is 25.0 Å². The number of aliphatic carboxylic acids is 1. The van der Waals surface area contributed by atoms with Crippen molar-refractivity contribution in [2.24, 2.45) is 5.73 Å². The first-order chi connectivity index (χ1) is 11.0. The van der Waals surface area contributed by atoms with Crippen LogP contribution in [0, 0.1) is 0 Å². The molecule has 0 unspecified atom stereocenters. The molecule has 7 heteroatoms. The second-order valence-electron chi connectivity index (χ2n) is 5.65. The lowest BCUT2D eigenvalue weighted by Crippen LogP contribution is -2.45. The van der Waals surface area contributed by atoms with Crippen LogP contribution in [0.2, 0.25) is 0 Å². The van der Waals surface area contributed by atoms with E-state index in [0.717, 1.165) is 0 Å². The van der Waals surface area contributed by atoms with Crippen LogP contribution in [0.5, 0.6) is 0 Å². The van der Waals surface area contributed by atoms with Crippen molar-refractivity contribution in [1.82, 2.24) is 10.2 Å². The number of hydrogen-bond donors (Lipinski definition) is 3. The minimum atomic E-state index is -0.970. The molecule has 0 radical (unpaired) electrons. The molecule has 0 aromatic heterocycles. The Kier molecular flexibility index (Phi) is 5.70. The molecule has 2 rings (SSSR count). The van der Waals surface area contributed by atoms with E-state index in [0.29, 0.717) is 25.1 Å². The summed E-state index contributed by atoms with van der Waals surface area (Å²) in [5, 5.41) is 11.5. The topological polar surface area (TPSA) is 113 Å². The molecule has 1 aliphatic rings. The van der Waals surface area contributed by atoms with Crippen LogP contribution in [-0.4, -0.2) is 53.0 Å². The molecule has 1 aromatic rings. The number of hydrogen-bond acceptors (Lipinski definition) is 4. The molecule has 0 aliphatic carbocycles. The molecule has 23 heavy (non-hydrogen) atoms. The maximum Gasteiger partial charge on any atom is 0.303 e. The van der Waals surface area contributed by atoms with E-state index in [1.165, 1.54) is 0 Å². The number of nitrogens with one attached hydrogen (secondary N) is 1. The van der Waals surface area contributed by atoms with Gasteiger partial charge in [-0.25, -0.2) is 0 Å². The zero-order valence-corrected chi connectivity index (χ0v) is 12.8. The van der Waals surface area contributed by atoms with E-state index in [2.05, 4.69) is 5.32 Å². The third-order valence-corrected chi connectivity index (χ3v) is 3.86. The summed E-state index contributed by atoms with van der Waals surface area (Å²) in [5.41, 5.74) is 6.32. The summed E-state index contributed by atoms with van der Waals surface area (Å²) in [5.74, 6) is -1.40. The Balaban J connectivity index is 1.82. The average molecular weight is 319 g/mol. The molecule has 7 nitrogen and oxygen atoms in total. The van der Waals surface area contributed by atoms with Gasteiger partial charge in [0.15, 0.2) is 0 Å². The van der Waals surface area contributed by atoms with Gasteiger partial charge >= 0.3 is 5.97 Å². The molecule has 0 spiro atoms. The van der Waals surface area contributed by atoms with Gasteiger partial charge in [-0.2, -0.15) is 0 Å². The van der Waals surface area contributed by atoms with E-state index in [9.17, 15) is 14.4 Å². The van der Waals surface area contributed by atoms with Crippen molar-refractivity contribution < 1.29 is 19.5 Å². The Morgan fingerprint density at radius 1 is 1.30 bits per heavy atom. The Bertz CT molecular complexity index is 576. The summed E-state index contributed by atoms with van der Waals surface area (Å²) in [6, 6.07) is 7.96. The highest BCUT2D eigenvalue weighted by molar-refractivity contribution is 5.94. The van der Waals surface area contributed by atoms with Crippen LogP contribution in [0.15, 0.2) is 30.3 Å². The Hall–Kier alpha value is -2.41. The highest BCUT2D eigenvalue weighted by Crippen LogP contribution is 2.12. The smallest absolute Gasteiger partial charge is 0.303 e. The van der Waals surface area contributed by atoms with Crippen LogP contribution >= 0.6 is 0 Å². The van der Waals surface area contributed by atoms with Gasteiger partial charge in [-0.1, -0.05) is 18.2 Å². The molecule has 1 saturated heterocycles. The van der Waals surface area contributed by atoms with Gasteiger partial charge in [0, 0.05) is 31.1 Å². The highest BCUT2D eigenvalue weighted by Gasteiger charge is 2.30. The van der Waals surface area contributed by atoms with Crippen molar-refractivity contribution in [3.63, 3.8) is 0 Å². The van der Waals surface area contributed by atoms with Crippen molar-refractivity contribution in [2.45, 2.75) is 31.3 Å². The summed E-state index contributed by atoms with van der Waals surface area (Å²) in [4.78, 5) is 36.4. The Labute approximate surface area is 134 Å². The quantitative estimate of drug-likeness (QED) is 0.694. The lowest BCUT2D eigenvalue weighted by molar-refractivity contribution is -0.137.